The Morgan fingerprint density at radius 2 is 2.00 bits per heavy atom. The predicted octanol–water partition coefficient (Wildman–Crippen LogP) is 2.87. The molecule has 1 unspecified atom stereocenters. The average molecular weight is 257 g/mol. The van der Waals surface area contributed by atoms with Crippen LogP contribution < -0.4 is 5.32 Å². The largest absolute Gasteiger partial charge is 0.388 e. The van der Waals surface area contributed by atoms with Crippen LogP contribution in [0.2, 0.25) is 0 Å². The van der Waals surface area contributed by atoms with E-state index in [0.717, 1.165) is 17.4 Å². The number of aliphatic hydroxyl groups is 1. The van der Waals surface area contributed by atoms with Crippen LogP contribution in [0.5, 0.6) is 0 Å². The molecular formula is C12H23N3OS. The molecule has 0 aliphatic carbocycles. The lowest BCUT2D eigenvalue weighted by atomic mass is 9.94. The van der Waals surface area contributed by atoms with Crippen molar-refractivity contribution >= 4 is 16.7 Å². The lowest BCUT2D eigenvalue weighted by Gasteiger charge is -2.25. The van der Waals surface area contributed by atoms with E-state index in [1.807, 2.05) is 6.92 Å². The summed E-state index contributed by atoms with van der Waals surface area (Å²) in [5.41, 5.74) is -0.697. The second-order valence-corrected chi connectivity index (χ2v) is 6.31. The highest BCUT2D eigenvalue weighted by Gasteiger charge is 2.22. The zero-order valence-electron chi connectivity index (χ0n) is 11.3. The van der Waals surface area contributed by atoms with Crippen molar-refractivity contribution in [2.75, 3.05) is 11.9 Å². The molecule has 98 valence electrons. The minimum Gasteiger partial charge on any atom is -0.388 e. The lowest BCUT2D eigenvalue weighted by Crippen LogP contribution is -2.34. The maximum atomic E-state index is 10.2. The van der Waals surface area contributed by atoms with Crippen molar-refractivity contribution in [2.45, 2.75) is 52.6 Å². The molecule has 1 aromatic heterocycles. The van der Waals surface area contributed by atoms with Gasteiger partial charge in [-0.05, 0) is 19.3 Å². The Hall–Kier alpha value is -0.680. The number of anilines is 1. The van der Waals surface area contributed by atoms with Gasteiger partial charge in [-0.3, -0.25) is 0 Å². The summed E-state index contributed by atoms with van der Waals surface area (Å²) in [6, 6.07) is 0. The normalized spacial score (nSPS) is 15.3. The molecule has 0 bridgehead atoms. The standard InChI is InChI=1S/C12H23N3OS/c1-8(2)6-12(5,16)7-13-11-14-10(9(3)4)15-17-11/h8-9,16H,6-7H2,1-5H3,(H,13,14,15). The zero-order chi connectivity index (χ0) is 13.1. The fourth-order valence-electron chi connectivity index (χ4n) is 1.76. The summed E-state index contributed by atoms with van der Waals surface area (Å²) in [6.07, 6.45) is 0.774. The van der Waals surface area contributed by atoms with E-state index in [-0.39, 0.29) is 0 Å². The number of nitrogens with one attached hydrogen (secondary N) is 1. The highest BCUT2D eigenvalue weighted by molar-refractivity contribution is 7.09. The third kappa shape index (κ3) is 5.00. The molecule has 4 nitrogen and oxygen atoms in total. The molecule has 17 heavy (non-hydrogen) atoms. The Labute approximate surface area is 108 Å². The summed E-state index contributed by atoms with van der Waals surface area (Å²) in [7, 11) is 0. The number of aromatic nitrogens is 2. The smallest absolute Gasteiger partial charge is 0.202 e. The Balaban J connectivity index is 2.49. The van der Waals surface area contributed by atoms with Gasteiger partial charge in [-0.15, -0.1) is 0 Å². The molecule has 0 aromatic carbocycles. The third-order valence-electron chi connectivity index (χ3n) is 2.43. The van der Waals surface area contributed by atoms with E-state index < -0.39 is 5.60 Å². The number of rotatable bonds is 6. The average Bonchev–Trinajstić information content (AvgIpc) is 2.61. The van der Waals surface area contributed by atoms with Gasteiger partial charge in [0.2, 0.25) is 5.13 Å². The van der Waals surface area contributed by atoms with Crippen LogP contribution >= 0.6 is 11.5 Å². The molecule has 0 amide bonds. The van der Waals surface area contributed by atoms with Crippen LogP contribution in [0.4, 0.5) is 5.13 Å². The molecule has 1 heterocycles. The molecule has 5 heteroatoms. The van der Waals surface area contributed by atoms with Gasteiger partial charge in [0.15, 0.2) is 0 Å². The van der Waals surface area contributed by atoms with Crippen LogP contribution in [0.15, 0.2) is 0 Å². The van der Waals surface area contributed by atoms with E-state index in [1.54, 1.807) is 0 Å². The van der Waals surface area contributed by atoms with Gasteiger partial charge in [-0.25, -0.2) is 4.98 Å². The number of hydrogen-bond donors (Lipinski definition) is 2. The monoisotopic (exact) mass is 257 g/mol. The highest BCUT2D eigenvalue weighted by atomic mass is 32.1. The van der Waals surface area contributed by atoms with E-state index in [9.17, 15) is 5.11 Å². The Morgan fingerprint density at radius 3 is 2.47 bits per heavy atom. The molecule has 0 saturated carbocycles. The Morgan fingerprint density at radius 1 is 1.35 bits per heavy atom. The molecule has 0 saturated heterocycles. The molecule has 1 aromatic rings. The molecule has 0 spiro atoms. The van der Waals surface area contributed by atoms with Crippen LogP contribution in [0.1, 0.15) is 52.8 Å². The van der Waals surface area contributed by atoms with Gasteiger partial charge in [0.25, 0.3) is 0 Å². The molecule has 1 rings (SSSR count). The van der Waals surface area contributed by atoms with E-state index >= 15 is 0 Å². The van der Waals surface area contributed by atoms with Gasteiger partial charge in [-0.1, -0.05) is 27.7 Å². The van der Waals surface area contributed by atoms with Crippen molar-refractivity contribution in [3.8, 4) is 0 Å². The topological polar surface area (TPSA) is 58.0 Å². The van der Waals surface area contributed by atoms with Crippen molar-refractivity contribution < 1.29 is 5.11 Å². The lowest BCUT2D eigenvalue weighted by molar-refractivity contribution is 0.0515. The summed E-state index contributed by atoms with van der Waals surface area (Å²) < 4.78 is 4.26. The van der Waals surface area contributed by atoms with E-state index in [0.29, 0.717) is 18.4 Å². The van der Waals surface area contributed by atoms with Crippen LogP contribution in [-0.2, 0) is 0 Å². The fourth-order valence-corrected chi connectivity index (χ4v) is 2.46. The van der Waals surface area contributed by atoms with Gasteiger partial charge in [0.05, 0.1) is 5.60 Å². The molecule has 0 aliphatic rings. The fraction of sp³-hybridized carbons (Fsp3) is 0.833. The van der Waals surface area contributed by atoms with Crippen LogP contribution in [0.3, 0.4) is 0 Å². The van der Waals surface area contributed by atoms with Crippen molar-refractivity contribution in [3.05, 3.63) is 5.82 Å². The summed E-state index contributed by atoms with van der Waals surface area (Å²) in [5.74, 6) is 1.69. The van der Waals surface area contributed by atoms with Gasteiger partial charge in [-0.2, -0.15) is 4.37 Å². The number of nitrogens with zero attached hydrogens (tertiary/aromatic N) is 2. The maximum Gasteiger partial charge on any atom is 0.202 e. The van der Waals surface area contributed by atoms with Gasteiger partial charge in [0.1, 0.15) is 5.82 Å². The first kappa shape index (κ1) is 14.4. The van der Waals surface area contributed by atoms with Crippen molar-refractivity contribution in [1.29, 1.82) is 0 Å². The molecule has 0 fully saturated rings. The third-order valence-corrected chi connectivity index (χ3v) is 3.11. The SMILES string of the molecule is CC(C)CC(C)(O)CNc1nc(C(C)C)ns1. The van der Waals surface area contributed by atoms with Gasteiger partial charge in [0, 0.05) is 24.0 Å². The van der Waals surface area contributed by atoms with E-state index in [1.165, 1.54) is 11.5 Å². The van der Waals surface area contributed by atoms with E-state index in [4.69, 9.17) is 0 Å². The first-order chi connectivity index (χ1) is 7.80. The molecule has 2 N–H and O–H groups in total. The predicted molar refractivity (Wildman–Crippen MR) is 72.6 cm³/mol. The first-order valence-electron chi connectivity index (χ1n) is 6.10. The summed E-state index contributed by atoms with van der Waals surface area (Å²) in [4.78, 5) is 4.38. The maximum absolute atomic E-state index is 10.2. The van der Waals surface area contributed by atoms with Crippen LogP contribution in [-0.4, -0.2) is 26.6 Å². The van der Waals surface area contributed by atoms with Crippen LogP contribution in [0.25, 0.3) is 0 Å². The molecular weight excluding hydrogens is 234 g/mol. The van der Waals surface area contributed by atoms with Crippen molar-refractivity contribution in [2.24, 2.45) is 5.92 Å². The second-order valence-electron chi connectivity index (χ2n) is 5.56. The summed E-state index contributed by atoms with van der Waals surface area (Å²) >= 11 is 1.35. The van der Waals surface area contributed by atoms with Gasteiger partial charge >= 0.3 is 0 Å². The number of hydrogen-bond acceptors (Lipinski definition) is 5. The second kappa shape index (κ2) is 5.78. The zero-order valence-corrected chi connectivity index (χ0v) is 12.1. The van der Waals surface area contributed by atoms with E-state index in [2.05, 4.69) is 42.4 Å². The minimum absolute atomic E-state index is 0.345. The molecule has 0 radical (unpaired) electrons. The molecule has 0 aliphatic heterocycles. The van der Waals surface area contributed by atoms with Gasteiger partial charge < -0.3 is 10.4 Å². The summed E-state index contributed by atoms with van der Waals surface area (Å²) in [6.45, 7) is 10.7. The summed E-state index contributed by atoms with van der Waals surface area (Å²) in [5, 5.41) is 14.1. The van der Waals surface area contributed by atoms with Crippen molar-refractivity contribution in [3.63, 3.8) is 0 Å². The quantitative estimate of drug-likeness (QED) is 0.822. The molecule has 1 atom stereocenters. The van der Waals surface area contributed by atoms with Crippen LogP contribution in [0, 0.1) is 5.92 Å². The minimum atomic E-state index is -0.697. The Kier molecular flexibility index (Phi) is 4.89. The first-order valence-corrected chi connectivity index (χ1v) is 6.87. The van der Waals surface area contributed by atoms with Crippen molar-refractivity contribution in [1.82, 2.24) is 9.36 Å². The Bertz CT molecular complexity index is 347. The highest BCUT2D eigenvalue weighted by Crippen LogP contribution is 2.20.